The number of hydrogen-bond acceptors (Lipinski definition) is 2. The Hall–Kier alpha value is -1.04. The fraction of sp³-hybridized carbons (Fsp3) is 0.533. The van der Waals surface area contributed by atoms with Crippen molar-refractivity contribution in [2.24, 2.45) is 5.92 Å². The number of halogens is 1. The minimum absolute atomic E-state index is 0.530. The van der Waals surface area contributed by atoms with Crippen molar-refractivity contribution in [2.75, 3.05) is 13.1 Å². The SMILES string of the molecule is CCCC1CCNC1.Cc1ccc(C#N)c(Cl)c1. The van der Waals surface area contributed by atoms with Crippen LogP contribution in [-0.4, -0.2) is 13.1 Å². The molecule has 2 nitrogen and oxygen atoms in total. The molecule has 0 saturated carbocycles. The highest BCUT2D eigenvalue weighted by Gasteiger charge is 2.11. The van der Waals surface area contributed by atoms with Crippen LogP contribution in [0.25, 0.3) is 0 Å². The Morgan fingerprint density at radius 3 is 2.78 bits per heavy atom. The number of rotatable bonds is 2. The van der Waals surface area contributed by atoms with Crippen LogP contribution in [0.1, 0.15) is 37.3 Å². The van der Waals surface area contributed by atoms with Crippen LogP contribution in [0.4, 0.5) is 0 Å². The Morgan fingerprint density at radius 2 is 2.28 bits per heavy atom. The lowest BCUT2D eigenvalue weighted by molar-refractivity contribution is 0.525. The molecule has 0 aliphatic carbocycles. The van der Waals surface area contributed by atoms with Gasteiger partial charge in [-0.1, -0.05) is 31.0 Å². The molecule has 1 N–H and O–H groups in total. The summed E-state index contributed by atoms with van der Waals surface area (Å²) < 4.78 is 0. The van der Waals surface area contributed by atoms with Gasteiger partial charge in [0.25, 0.3) is 0 Å². The molecule has 1 fully saturated rings. The van der Waals surface area contributed by atoms with E-state index in [9.17, 15) is 0 Å². The normalized spacial score (nSPS) is 17.8. The molecular weight excluding hydrogens is 244 g/mol. The van der Waals surface area contributed by atoms with Crippen LogP contribution in [-0.2, 0) is 0 Å². The van der Waals surface area contributed by atoms with Crippen molar-refractivity contribution in [3.05, 3.63) is 34.3 Å². The molecule has 18 heavy (non-hydrogen) atoms. The smallest absolute Gasteiger partial charge is 0.101 e. The molecule has 3 heteroatoms. The predicted octanol–water partition coefficient (Wildman–Crippen LogP) is 3.92. The third-order valence-electron chi connectivity index (χ3n) is 3.10. The molecule has 2 rings (SSSR count). The molecule has 0 bridgehead atoms. The molecule has 1 aliphatic rings. The highest BCUT2D eigenvalue weighted by molar-refractivity contribution is 6.31. The first-order valence-corrected chi connectivity index (χ1v) is 6.92. The van der Waals surface area contributed by atoms with Crippen molar-refractivity contribution in [3.8, 4) is 6.07 Å². The van der Waals surface area contributed by atoms with Crippen molar-refractivity contribution in [1.29, 1.82) is 5.26 Å². The number of nitriles is 1. The van der Waals surface area contributed by atoms with Gasteiger partial charge in [-0.15, -0.1) is 0 Å². The Kier molecular flexibility index (Phi) is 6.78. The second kappa shape index (κ2) is 8.13. The second-order valence-corrected chi connectivity index (χ2v) is 5.15. The summed E-state index contributed by atoms with van der Waals surface area (Å²) in [5, 5.41) is 12.4. The zero-order valence-corrected chi connectivity index (χ0v) is 11.9. The molecule has 1 aliphatic heterocycles. The fourth-order valence-electron chi connectivity index (χ4n) is 2.08. The molecule has 1 saturated heterocycles. The van der Waals surface area contributed by atoms with Gasteiger partial charge in [-0.05, 0) is 56.5 Å². The number of nitrogens with zero attached hydrogens (tertiary/aromatic N) is 1. The Balaban J connectivity index is 0.000000184. The van der Waals surface area contributed by atoms with Crippen molar-refractivity contribution in [3.63, 3.8) is 0 Å². The third-order valence-corrected chi connectivity index (χ3v) is 3.42. The lowest BCUT2D eigenvalue weighted by atomic mass is 10.0. The van der Waals surface area contributed by atoms with Gasteiger partial charge >= 0.3 is 0 Å². The van der Waals surface area contributed by atoms with E-state index in [-0.39, 0.29) is 0 Å². The monoisotopic (exact) mass is 264 g/mol. The number of hydrogen-bond donors (Lipinski definition) is 1. The molecule has 0 amide bonds. The highest BCUT2D eigenvalue weighted by atomic mass is 35.5. The highest BCUT2D eigenvalue weighted by Crippen LogP contribution is 2.15. The summed E-state index contributed by atoms with van der Waals surface area (Å²) in [6.07, 6.45) is 4.19. The van der Waals surface area contributed by atoms with E-state index in [0.29, 0.717) is 10.6 Å². The zero-order valence-electron chi connectivity index (χ0n) is 11.2. The Bertz CT molecular complexity index is 403. The quantitative estimate of drug-likeness (QED) is 0.879. The molecule has 1 atom stereocenters. The minimum atomic E-state index is 0.530. The summed E-state index contributed by atoms with van der Waals surface area (Å²) >= 11 is 5.71. The van der Waals surface area contributed by atoms with E-state index in [1.54, 1.807) is 12.1 Å². The van der Waals surface area contributed by atoms with Crippen molar-refractivity contribution < 1.29 is 0 Å². The van der Waals surface area contributed by atoms with Crippen molar-refractivity contribution in [1.82, 2.24) is 5.32 Å². The first kappa shape index (κ1) is 15.0. The Morgan fingerprint density at radius 1 is 1.50 bits per heavy atom. The predicted molar refractivity (Wildman–Crippen MR) is 76.8 cm³/mol. The van der Waals surface area contributed by atoms with Gasteiger partial charge in [-0.25, -0.2) is 0 Å². The minimum Gasteiger partial charge on any atom is -0.316 e. The van der Waals surface area contributed by atoms with E-state index in [0.717, 1.165) is 11.5 Å². The molecule has 1 heterocycles. The zero-order chi connectivity index (χ0) is 13.4. The Labute approximate surface area is 115 Å². The largest absolute Gasteiger partial charge is 0.316 e. The van der Waals surface area contributed by atoms with Gasteiger partial charge in [-0.2, -0.15) is 5.26 Å². The first-order valence-electron chi connectivity index (χ1n) is 6.54. The van der Waals surface area contributed by atoms with E-state index >= 15 is 0 Å². The molecular formula is C15H21ClN2. The molecule has 0 aromatic heterocycles. The van der Waals surface area contributed by atoms with Crippen LogP contribution >= 0.6 is 11.6 Å². The summed E-state index contributed by atoms with van der Waals surface area (Å²) in [6, 6.07) is 7.35. The number of aryl methyl sites for hydroxylation is 1. The van der Waals surface area contributed by atoms with Gasteiger partial charge in [0.2, 0.25) is 0 Å². The molecule has 1 aromatic carbocycles. The van der Waals surface area contributed by atoms with E-state index < -0.39 is 0 Å². The average Bonchev–Trinajstić information content (AvgIpc) is 2.83. The molecule has 1 unspecified atom stereocenters. The van der Waals surface area contributed by atoms with Crippen molar-refractivity contribution >= 4 is 11.6 Å². The molecule has 1 aromatic rings. The molecule has 0 spiro atoms. The molecule has 0 radical (unpaired) electrons. The van der Waals surface area contributed by atoms with Gasteiger partial charge in [0.15, 0.2) is 0 Å². The number of nitrogens with one attached hydrogen (secondary N) is 1. The van der Waals surface area contributed by atoms with Gasteiger partial charge in [0.05, 0.1) is 10.6 Å². The molecule has 98 valence electrons. The summed E-state index contributed by atoms with van der Waals surface area (Å²) in [5.41, 5.74) is 1.61. The lowest BCUT2D eigenvalue weighted by Crippen LogP contribution is -2.08. The van der Waals surface area contributed by atoms with Gasteiger partial charge < -0.3 is 5.32 Å². The van der Waals surface area contributed by atoms with Crippen LogP contribution in [0, 0.1) is 24.2 Å². The number of benzene rings is 1. The van der Waals surface area contributed by atoms with E-state index in [1.807, 2.05) is 19.1 Å². The lowest BCUT2D eigenvalue weighted by Gasteiger charge is -2.02. The topological polar surface area (TPSA) is 35.8 Å². The maximum Gasteiger partial charge on any atom is 0.101 e. The average molecular weight is 265 g/mol. The summed E-state index contributed by atoms with van der Waals surface area (Å²) in [5.74, 6) is 1.000. The maximum atomic E-state index is 8.47. The first-order chi connectivity index (χ1) is 8.67. The van der Waals surface area contributed by atoms with Crippen molar-refractivity contribution in [2.45, 2.75) is 33.1 Å². The van der Waals surface area contributed by atoms with Gasteiger partial charge in [0, 0.05) is 0 Å². The second-order valence-electron chi connectivity index (χ2n) is 4.74. The maximum absolute atomic E-state index is 8.47. The van der Waals surface area contributed by atoms with Gasteiger partial charge in [0.1, 0.15) is 6.07 Å². The van der Waals surface area contributed by atoms with Crippen LogP contribution < -0.4 is 5.32 Å². The summed E-state index contributed by atoms with van der Waals surface area (Å²) in [4.78, 5) is 0. The third kappa shape index (κ3) is 5.08. The van der Waals surface area contributed by atoms with Gasteiger partial charge in [-0.3, -0.25) is 0 Å². The van der Waals surface area contributed by atoms with Crippen LogP contribution in [0.15, 0.2) is 18.2 Å². The van der Waals surface area contributed by atoms with E-state index in [4.69, 9.17) is 16.9 Å². The van der Waals surface area contributed by atoms with Crippen LogP contribution in [0.2, 0.25) is 5.02 Å². The summed E-state index contributed by atoms with van der Waals surface area (Å²) in [7, 11) is 0. The van der Waals surface area contributed by atoms with E-state index in [2.05, 4.69) is 12.2 Å². The standard InChI is InChI=1S/C8H6ClN.C7H15N/c1-6-2-3-7(5-10)8(9)4-6;1-2-3-7-4-5-8-6-7/h2-4H,1H3;7-8H,2-6H2,1H3. The fourth-order valence-corrected chi connectivity index (χ4v) is 2.36. The van der Waals surface area contributed by atoms with Crippen LogP contribution in [0.5, 0.6) is 0 Å². The van der Waals surface area contributed by atoms with Crippen LogP contribution in [0.3, 0.4) is 0 Å². The summed E-state index contributed by atoms with van der Waals surface area (Å²) in [6.45, 7) is 6.73. The van der Waals surface area contributed by atoms with E-state index in [1.165, 1.54) is 32.4 Å².